The van der Waals surface area contributed by atoms with E-state index in [0.29, 0.717) is 36.5 Å². The molecule has 1 N–H and O–H groups in total. The van der Waals surface area contributed by atoms with E-state index in [1.165, 1.54) is 0 Å². The normalized spacial score (nSPS) is 15.5. The molecule has 0 amide bonds. The number of likely N-dealkylation sites (tertiary alicyclic amines) is 1. The first-order valence-electron chi connectivity index (χ1n) is 9.92. The number of carbonyl (C=O) groups is 1. The van der Waals surface area contributed by atoms with E-state index in [1.54, 1.807) is 51.3 Å². The molecule has 4 rings (SSSR count). The summed E-state index contributed by atoms with van der Waals surface area (Å²) in [6.45, 7) is 3.21. The van der Waals surface area contributed by atoms with Crippen LogP contribution in [-0.2, 0) is 18.4 Å². The van der Waals surface area contributed by atoms with E-state index >= 15 is 0 Å². The summed E-state index contributed by atoms with van der Waals surface area (Å²) in [5.41, 5.74) is 1.74. The van der Waals surface area contributed by atoms with Crippen LogP contribution in [0.5, 0.6) is 11.5 Å². The monoisotopic (exact) mass is 423 g/mol. The molecular formula is C23H25N3O5. The Morgan fingerprint density at radius 3 is 2.42 bits per heavy atom. The average Bonchev–Trinajstić information content (AvgIpc) is 2.74. The van der Waals surface area contributed by atoms with Gasteiger partial charge in [-0.25, -0.2) is 0 Å². The number of carboxylic acid groups (broad SMARTS) is 1. The Hall–Kier alpha value is -3.39. The van der Waals surface area contributed by atoms with E-state index in [4.69, 9.17) is 9.47 Å². The zero-order chi connectivity index (χ0) is 22.3. The van der Waals surface area contributed by atoms with Crippen LogP contribution in [0.2, 0.25) is 0 Å². The number of ether oxygens (including phenoxy) is 2. The average molecular weight is 423 g/mol. The third-order valence-electron chi connectivity index (χ3n) is 5.95. The first kappa shape index (κ1) is 20.9. The van der Waals surface area contributed by atoms with Gasteiger partial charge in [-0.05, 0) is 36.1 Å². The van der Waals surface area contributed by atoms with E-state index in [0.717, 1.165) is 22.1 Å². The van der Waals surface area contributed by atoms with Gasteiger partial charge in [-0.1, -0.05) is 0 Å². The van der Waals surface area contributed by atoms with Crippen LogP contribution in [0.25, 0.3) is 21.9 Å². The highest BCUT2D eigenvalue weighted by atomic mass is 16.5. The van der Waals surface area contributed by atoms with Crippen molar-refractivity contribution in [2.45, 2.75) is 13.5 Å². The molecule has 0 unspecified atom stereocenters. The molecule has 0 spiro atoms. The summed E-state index contributed by atoms with van der Waals surface area (Å²) in [5.74, 6) is 0.512. The second-order valence-corrected chi connectivity index (χ2v) is 8.25. The summed E-state index contributed by atoms with van der Waals surface area (Å²) in [5, 5.41) is 10.7. The summed E-state index contributed by atoms with van der Waals surface area (Å²) in [6, 6.07) is 5.67. The van der Waals surface area contributed by atoms with Gasteiger partial charge < -0.3 is 19.1 Å². The number of methoxy groups -OCH3 is 2. The van der Waals surface area contributed by atoms with Crippen molar-refractivity contribution in [1.82, 2.24) is 14.5 Å². The number of hydrogen-bond acceptors (Lipinski definition) is 6. The molecule has 1 aliphatic rings. The van der Waals surface area contributed by atoms with Crippen LogP contribution in [-0.4, -0.2) is 52.8 Å². The lowest BCUT2D eigenvalue weighted by Gasteiger charge is -2.45. The fourth-order valence-electron chi connectivity index (χ4n) is 4.25. The molecule has 0 aliphatic carbocycles. The molecule has 1 saturated heterocycles. The molecule has 162 valence electrons. The number of fused-ring (bicyclic) bond motifs is 1. The predicted molar refractivity (Wildman–Crippen MR) is 117 cm³/mol. The lowest BCUT2D eigenvalue weighted by molar-refractivity contribution is -0.158. The van der Waals surface area contributed by atoms with Gasteiger partial charge in [0.15, 0.2) is 0 Å². The second kappa shape index (κ2) is 7.70. The number of hydrogen-bond donors (Lipinski definition) is 1. The van der Waals surface area contributed by atoms with Crippen LogP contribution in [0.1, 0.15) is 12.5 Å². The van der Waals surface area contributed by atoms with Crippen molar-refractivity contribution < 1.29 is 19.4 Å². The highest BCUT2D eigenvalue weighted by Crippen LogP contribution is 2.40. The number of benzene rings is 1. The highest BCUT2D eigenvalue weighted by molar-refractivity contribution is 5.95. The zero-order valence-electron chi connectivity index (χ0n) is 18.0. The molecule has 0 saturated carbocycles. The molecule has 2 aromatic heterocycles. The maximum absolute atomic E-state index is 12.5. The van der Waals surface area contributed by atoms with E-state index in [1.807, 2.05) is 18.2 Å². The van der Waals surface area contributed by atoms with Gasteiger partial charge in [0, 0.05) is 50.8 Å². The Bertz CT molecular complexity index is 1200. The smallest absolute Gasteiger partial charge is 0.311 e. The SMILES string of the molecule is COc1cc(-c2cn(C)c(=O)c3cnccc23)cc(OC)c1CN1CC(C)(C(=O)O)C1. The van der Waals surface area contributed by atoms with Gasteiger partial charge >= 0.3 is 5.97 Å². The Labute approximate surface area is 179 Å². The molecule has 0 radical (unpaired) electrons. The number of pyridine rings is 2. The van der Waals surface area contributed by atoms with Gasteiger partial charge in [0.05, 0.1) is 30.6 Å². The molecule has 8 nitrogen and oxygen atoms in total. The van der Waals surface area contributed by atoms with E-state index < -0.39 is 11.4 Å². The zero-order valence-corrected chi connectivity index (χ0v) is 18.0. The lowest BCUT2D eigenvalue weighted by atomic mass is 9.82. The standard InChI is InChI=1S/C23H25N3O5/c1-23(22(28)29)12-26(13-23)11-18-19(30-3)7-14(8-20(18)31-4)17-10-25(2)21(27)16-9-24-6-5-15(16)17/h5-10H,11-13H2,1-4H3,(H,28,29). The molecule has 3 aromatic rings. The summed E-state index contributed by atoms with van der Waals surface area (Å²) in [6.07, 6.45) is 5.04. The molecule has 1 fully saturated rings. The number of aromatic nitrogens is 2. The highest BCUT2D eigenvalue weighted by Gasteiger charge is 2.45. The maximum Gasteiger partial charge on any atom is 0.311 e. The topological polar surface area (TPSA) is 93.9 Å². The quantitative estimate of drug-likeness (QED) is 0.651. The summed E-state index contributed by atoms with van der Waals surface area (Å²) in [7, 11) is 4.91. The lowest BCUT2D eigenvalue weighted by Crippen LogP contribution is -2.58. The molecule has 3 heterocycles. The van der Waals surface area contributed by atoms with Gasteiger partial charge in [-0.15, -0.1) is 0 Å². The van der Waals surface area contributed by atoms with E-state index in [2.05, 4.69) is 9.88 Å². The van der Waals surface area contributed by atoms with Gasteiger partial charge in [0.2, 0.25) is 0 Å². The molecule has 1 aromatic carbocycles. The summed E-state index contributed by atoms with van der Waals surface area (Å²) < 4.78 is 12.9. The number of nitrogens with zero attached hydrogens (tertiary/aromatic N) is 3. The van der Waals surface area contributed by atoms with Gasteiger partial charge in [-0.2, -0.15) is 0 Å². The number of aryl methyl sites for hydroxylation is 1. The van der Waals surface area contributed by atoms with Crippen molar-refractivity contribution in [2.24, 2.45) is 12.5 Å². The number of rotatable bonds is 6. The minimum Gasteiger partial charge on any atom is -0.496 e. The number of carboxylic acids is 1. The molecule has 31 heavy (non-hydrogen) atoms. The van der Waals surface area contributed by atoms with E-state index in [-0.39, 0.29) is 5.56 Å². The Kier molecular flexibility index (Phi) is 5.18. The first-order valence-corrected chi connectivity index (χ1v) is 9.92. The largest absolute Gasteiger partial charge is 0.496 e. The Morgan fingerprint density at radius 1 is 1.19 bits per heavy atom. The van der Waals surface area contributed by atoms with E-state index in [9.17, 15) is 14.7 Å². The van der Waals surface area contributed by atoms with Gasteiger partial charge in [-0.3, -0.25) is 19.5 Å². The predicted octanol–water partition coefficient (Wildman–Crippen LogP) is 2.52. The van der Waals surface area contributed by atoms with Crippen LogP contribution in [0, 0.1) is 5.41 Å². The van der Waals surface area contributed by atoms with Crippen LogP contribution < -0.4 is 15.0 Å². The van der Waals surface area contributed by atoms with Crippen LogP contribution in [0.15, 0.2) is 41.6 Å². The first-order chi connectivity index (χ1) is 14.8. The third-order valence-corrected chi connectivity index (χ3v) is 5.95. The van der Waals surface area contributed by atoms with Crippen molar-refractivity contribution in [3.63, 3.8) is 0 Å². The summed E-state index contributed by atoms with van der Waals surface area (Å²) >= 11 is 0. The molecule has 1 aliphatic heterocycles. The van der Waals surface area contributed by atoms with Gasteiger partial charge in [0.1, 0.15) is 11.5 Å². The molecule has 0 atom stereocenters. The van der Waals surface area contributed by atoms with Crippen LogP contribution in [0.4, 0.5) is 0 Å². The third kappa shape index (κ3) is 3.53. The van der Waals surface area contributed by atoms with Crippen LogP contribution >= 0.6 is 0 Å². The van der Waals surface area contributed by atoms with Crippen molar-refractivity contribution in [3.8, 4) is 22.6 Å². The molecule has 8 heteroatoms. The second-order valence-electron chi connectivity index (χ2n) is 8.25. The maximum atomic E-state index is 12.5. The van der Waals surface area contributed by atoms with Gasteiger partial charge in [0.25, 0.3) is 5.56 Å². The van der Waals surface area contributed by atoms with Crippen molar-refractivity contribution in [1.29, 1.82) is 0 Å². The van der Waals surface area contributed by atoms with Crippen molar-refractivity contribution >= 4 is 16.7 Å². The minimum atomic E-state index is -0.783. The van der Waals surface area contributed by atoms with Crippen LogP contribution in [0.3, 0.4) is 0 Å². The summed E-state index contributed by atoms with van der Waals surface area (Å²) in [4.78, 5) is 30.1. The molecule has 0 bridgehead atoms. The number of aliphatic carboxylic acids is 1. The van der Waals surface area contributed by atoms with Crippen molar-refractivity contribution in [3.05, 3.63) is 52.7 Å². The van der Waals surface area contributed by atoms with Crippen molar-refractivity contribution in [2.75, 3.05) is 27.3 Å². The fraction of sp³-hybridized carbons (Fsp3) is 0.348. The Morgan fingerprint density at radius 2 is 1.84 bits per heavy atom. The minimum absolute atomic E-state index is 0.110. The Balaban J connectivity index is 1.77. The fourth-order valence-corrected chi connectivity index (χ4v) is 4.25. The molecular weight excluding hydrogens is 398 g/mol.